The van der Waals surface area contributed by atoms with Crippen LogP contribution in [0, 0.1) is 0 Å². The summed E-state index contributed by atoms with van der Waals surface area (Å²) < 4.78 is 0. The van der Waals surface area contributed by atoms with Gasteiger partial charge in [0.25, 0.3) is 0 Å². The third kappa shape index (κ3) is 3.35. The molecular formula is C18H22N2O. The molecule has 2 aromatic rings. The lowest BCUT2D eigenvalue weighted by molar-refractivity contribution is -0.122. The van der Waals surface area contributed by atoms with E-state index >= 15 is 0 Å². The Morgan fingerprint density at radius 2 is 1.81 bits per heavy atom. The van der Waals surface area contributed by atoms with Crippen molar-refractivity contribution < 1.29 is 4.79 Å². The Labute approximate surface area is 125 Å². The van der Waals surface area contributed by atoms with E-state index < -0.39 is 0 Å². The predicted molar refractivity (Wildman–Crippen MR) is 87.4 cm³/mol. The quantitative estimate of drug-likeness (QED) is 0.897. The zero-order valence-electron chi connectivity index (χ0n) is 12.4. The molecule has 0 aliphatic heterocycles. The number of fused-ring (bicyclic) bond motifs is 1. The summed E-state index contributed by atoms with van der Waals surface area (Å²) in [6.45, 7) is 1.92. The number of hydrogen-bond donors (Lipinski definition) is 2. The highest BCUT2D eigenvalue weighted by molar-refractivity contribution is 5.88. The highest BCUT2D eigenvalue weighted by Gasteiger charge is 2.20. The minimum Gasteiger partial charge on any atom is -0.374 e. The molecule has 1 aliphatic rings. The van der Waals surface area contributed by atoms with Crippen LogP contribution >= 0.6 is 0 Å². The van der Waals surface area contributed by atoms with Crippen molar-refractivity contribution in [3.05, 3.63) is 42.5 Å². The molecule has 21 heavy (non-hydrogen) atoms. The highest BCUT2D eigenvalue weighted by Crippen LogP contribution is 2.20. The van der Waals surface area contributed by atoms with Crippen molar-refractivity contribution in [2.75, 3.05) is 5.32 Å². The molecule has 0 saturated heterocycles. The summed E-state index contributed by atoms with van der Waals surface area (Å²) in [7, 11) is 0. The van der Waals surface area contributed by atoms with Gasteiger partial charge in [0, 0.05) is 11.7 Å². The van der Waals surface area contributed by atoms with Crippen molar-refractivity contribution in [1.82, 2.24) is 5.32 Å². The van der Waals surface area contributed by atoms with E-state index in [1.807, 2.05) is 25.1 Å². The van der Waals surface area contributed by atoms with E-state index in [1.54, 1.807) is 0 Å². The molecule has 0 aromatic heterocycles. The van der Waals surface area contributed by atoms with E-state index in [0.717, 1.165) is 18.5 Å². The highest BCUT2D eigenvalue weighted by atomic mass is 16.2. The van der Waals surface area contributed by atoms with Crippen LogP contribution in [0.5, 0.6) is 0 Å². The van der Waals surface area contributed by atoms with Gasteiger partial charge in [0.1, 0.15) is 6.04 Å². The average Bonchev–Trinajstić information content (AvgIpc) is 3.00. The molecule has 1 atom stereocenters. The third-order valence-electron chi connectivity index (χ3n) is 4.23. The lowest BCUT2D eigenvalue weighted by Crippen LogP contribution is -2.42. The van der Waals surface area contributed by atoms with Gasteiger partial charge in [-0.05, 0) is 42.7 Å². The fourth-order valence-corrected chi connectivity index (χ4v) is 2.99. The third-order valence-corrected chi connectivity index (χ3v) is 4.23. The minimum absolute atomic E-state index is 0.0926. The normalized spacial score (nSPS) is 16.8. The van der Waals surface area contributed by atoms with Crippen LogP contribution in [-0.4, -0.2) is 18.0 Å². The molecule has 1 aliphatic carbocycles. The van der Waals surface area contributed by atoms with Crippen molar-refractivity contribution in [2.24, 2.45) is 0 Å². The number of benzene rings is 2. The summed E-state index contributed by atoms with van der Waals surface area (Å²) in [5.74, 6) is 0.0926. The van der Waals surface area contributed by atoms with Crippen LogP contribution < -0.4 is 10.6 Å². The summed E-state index contributed by atoms with van der Waals surface area (Å²) in [5, 5.41) is 8.83. The maximum absolute atomic E-state index is 12.2. The summed E-state index contributed by atoms with van der Waals surface area (Å²) in [6, 6.07) is 14.6. The van der Waals surface area contributed by atoms with E-state index in [-0.39, 0.29) is 11.9 Å². The molecule has 0 spiro atoms. The molecule has 2 aromatic carbocycles. The molecule has 0 bridgehead atoms. The summed E-state index contributed by atoms with van der Waals surface area (Å²) in [6.07, 6.45) is 4.71. The Bertz CT molecular complexity index is 632. The summed E-state index contributed by atoms with van der Waals surface area (Å²) in [4.78, 5) is 12.2. The molecule has 3 rings (SSSR count). The number of nitrogens with one attached hydrogen (secondary N) is 2. The van der Waals surface area contributed by atoms with E-state index in [2.05, 4.69) is 34.9 Å². The van der Waals surface area contributed by atoms with Crippen molar-refractivity contribution in [3.63, 3.8) is 0 Å². The lowest BCUT2D eigenvalue weighted by atomic mass is 10.1. The number of rotatable bonds is 4. The smallest absolute Gasteiger partial charge is 0.242 e. The molecule has 1 saturated carbocycles. The van der Waals surface area contributed by atoms with Crippen LogP contribution in [0.1, 0.15) is 32.6 Å². The topological polar surface area (TPSA) is 41.1 Å². The Morgan fingerprint density at radius 3 is 2.57 bits per heavy atom. The van der Waals surface area contributed by atoms with Gasteiger partial charge in [0.05, 0.1) is 0 Å². The lowest BCUT2D eigenvalue weighted by Gasteiger charge is -2.18. The molecule has 2 N–H and O–H groups in total. The van der Waals surface area contributed by atoms with Gasteiger partial charge in [0.15, 0.2) is 0 Å². The van der Waals surface area contributed by atoms with Crippen LogP contribution in [0.25, 0.3) is 10.8 Å². The Balaban J connectivity index is 1.64. The van der Waals surface area contributed by atoms with Gasteiger partial charge in [-0.2, -0.15) is 0 Å². The molecule has 0 unspecified atom stereocenters. The van der Waals surface area contributed by atoms with Gasteiger partial charge >= 0.3 is 0 Å². The number of amides is 1. The maximum Gasteiger partial charge on any atom is 0.242 e. The van der Waals surface area contributed by atoms with Crippen LogP contribution in [0.15, 0.2) is 42.5 Å². The molecule has 3 nitrogen and oxygen atoms in total. The Morgan fingerprint density at radius 1 is 1.10 bits per heavy atom. The number of carbonyl (C=O) groups excluding carboxylic acids is 1. The molecule has 0 radical (unpaired) electrons. The first-order valence-corrected chi connectivity index (χ1v) is 7.78. The largest absolute Gasteiger partial charge is 0.374 e. The van der Waals surface area contributed by atoms with E-state index in [9.17, 15) is 4.79 Å². The first-order chi connectivity index (χ1) is 10.2. The maximum atomic E-state index is 12.2. The van der Waals surface area contributed by atoms with Crippen molar-refractivity contribution in [1.29, 1.82) is 0 Å². The second-order valence-electron chi connectivity index (χ2n) is 5.92. The molecule has 1 fully saturated rings. The van der Waals surface area contributed by atoms with Crippen LogP contribution in [-0.2, 0) is 4.79 Å². The van der Waals surface area contributed by atoms with Gasteiger partial charge < -0.3 is 10.6 Å². The molecule has 1 amide bonds. The summed E-state index contributed by atoms with van der Waals surface area (Å²) >= 11 is 0. The van der Waals surface area contributed by atoms with Crippen LogP contribution in [0.4, 0.5) is 5.69 Å². The zero-order valence-corrected chi connectivity index (χ0v) is 12.4. The molecular weight excluding hydrogens is 260 g/mol. The second-order valence-corrected chi connectivity index (χ2v) is 5.92. The van der Waals surface area contributed by atoms with Crippen LogP contribution in [0.3, 0.4) is 0 Å². The zero-order chi connectivity index (χ0) is 14.7. The molecule has 0 heterocycles. The van der Waals surface area contributed by atoms with E-state index in [1.165, 1.54) is 23.6 Å². The monoisotopic (exact) mass is 282 g/mol. The average molecular weight is 282 g/mol. The number of hydrogen-bond acceptors (Lipinski definition) is 2. The minimum atomic E-state index is -0.216. The number of carbonyl (C=O) groups is 1. The SMILES string of the molecule is C[C@@H](Nc1ccc2ccccc2c1)C(=O)NC1CCCC1. The van der Waals surface area contributed by atoms with Gasteiger partial charge in [-0.15, -0.1) is 0 Å². The molecule has 110 valence electrons. The first kappa shape index (κ1) is 13.9. The first-order valence-electron chi connectivity index (χ1n) is 7.78. The summed E-state index contributed by atoms with van der Waals surface area (Å²) in [5.41, 5.74) is 0.989. The van der Waals surface area contributed by atoms with Gasteiger partial charge in [-0.3, -0.25) is 4.79 Å². The van der Waals surface area contributed by atoms with Gasteiger partial charge in [-0.25, -0.2) is 0 Å². The fraction of sp³-hybridized carbons (Fsp3) is 0.389. The fourth-order valence-electron chi connectivity index (χ4n) is 2.99. The molecule has 3 heteroatoms. The Hall–Kier alpha value is -2.03. The van der Waals surface area contributed by atoms with Crippen molar-refractivity contribution in [2.45, 2.75) is 44.7 Å². The van der Waals surface area contributed by atoms with Gasteiger partial charge in [0.2, 0.25) is 5.91 Å². The number of anilines is 1. The van der Waals surface area contributed by atoms with E-state index in [4.69, 9.17) is 0 Å². The van der Waals surface area contributed by atoms with E-state index in [0.29, 0.717) is 6.04 Å². The van der Waals surface area contributed by atoms with Crippen molar-refractivity contribution in [3.8, 4) is 0 Å². The standard InChI is InChI=1S/C18H22N2O/c1-13(18(21)20-16-8-4-5-9-16)19-17-11-10-14-6-2-3-7-15(14)12-17/h2-3,6-7,10-13,16,19H,4-5,8-9H2,1H3,(H,20,21)/t13-/m1/s1. The predicted octanol–water partition coefficient (Wildman–Crippen LogP) is 3.70. The van der Waals surface area contributed by atoms with Crippen molar-refractivity contribution >= 4 is 22.4 Å². The van der Waals surface area contributed by atoms with Gasteiger partial charge in [-0.1, -0.05) is 43.2 Å². The van der Waals surface area contributed by atoms with Crippen LogP contribution in [0.2, 0.25) is 0 Å². The second kappa shape index (κ2) is 6.17. The Kier molecular flexibility index (Phi) is 4.09.